The van der Waals surface area contributed by atoms with Crippen LogP contribution in [0.2, 0.25) is 0 Å². The Hall–Kier alpha value is -0.450. The maximum Gasteiger partial charge on any atom is 0.152 e. The standard InChI is InChI=1S/C7H6INO/c1-5-6(4-10)7(8)2-3-9-5/h2-4H,1H3. The summed E-state index contributed by atoms with van der Waals surface area (Å²) < 4.78 is 0.958. The fraction of sp³-hybridized carbons (Fsp3) is 0.143. The first-order valence-corrected chi connectivity index (χ1v) is 3.90. The minimum Gasteiger partial charge on any atom is -0.298 e. The van der Waals surface area contributed by atoms with Crippen molar-refractivity contribution in [1.82, 2.24) is 4.98 Å². The summed E-state index contributed by atoms with van der Waals surface area (Å²) in [7, 11) is 0. The Morgan fingerprint density at radius 3 is 2.80 bits per heavy atom. The second kappa shape index (κ2) is 3.09. The van der Waals surface area contributed by atoms with Crippen LogP contribution in [0.15, 0.2) is 12.3 Å². The molecule has 0 aliphatic heterocycles. The van der Waals surface area contributed by atoms with E-state index in [-0.39, 0.29) is 0 Å². The molecule has 0 radical (unpaired) electrons. The highest BCUT2D eigenvalue weighted by Gasteiger charge is 2.00. The van der Waals surface area contributed by atoms with Crippen LogP contribution < -0.4 is 0 Å². The van der Waals surface area contributed by atoms with Crippen LogP contribution in [0, 0.1) is 10.5 Å². The van der Waals surface area contributed by atoms with Gasteiger partial charge in [-0.2, -0.15) is 0 Å². The predicted molar refractivity (Wildman–Crippen MR) is 47.1 cm³/mol. The van der Waals surface area contributed by atoms with Crippen LogP contribution in [0.4, 0.5) is 0 Å². The quantitative estimate of drug-likeness (QED) is 0.559. The lowest BCUT2D eigenvalue weighted by Gasteiger charge is -1.97. The van der Waals surface area contributed by atoms with Gasteiger partial charge in [-0.15, -0.1) is 0 Å². The fourth-order valence-electron chi connectivity index (χ4n) is 0.688. The van der Waals surface area contributed by atoms with Crippen molar-refractivity contribution < 1.29 is 4.79 Å². The number of pyridine rings is 1. The maximum atomic E-state index is 10.4. The van der Waals surface area contributed by atoms with Crippen molar-refractivity contribution in [2.75, 3.05) is 0 Å². The third kappa shape index (κ3) is 1.34. The van der Waals surface area contributed by atoms with E-state index in [9.17, 15) is 4.79 Å². The molecule has 0 spiro atoms. The molecule has 1 rings (SSSR count). The molecular formula is C7H6INO. The number of hydrogen-bond acceptors (Lipinski definition) is 2. The summed E-state index contributed by atoms with van der Waals surface area (Å²) in [6.45, 7) is 1.83. The number of aromatic nitrogens is 1. The van der Waals surface area contributed by atoms with Crippen molar-refractivity contribution in [1.29, 1.82) is 0 Å². The molecule has 1 aromatic rings. The molecule has 1 aromatic heterocycles. The van der Waals surface area contributed by atoms with Crippen LogP contribution in [0.25, 0.3) is 0 Å². The van der Waals surface area contributed by atoms with Crippen molar-refractivity contribution in [3.05, 3.63) is 27.1 Å². The molecule has 0 fully saturated rings. The highest BCUT2D eigenvalue weighted by Crippen LogP contribution is 2.10. The summed E-state index contributed by atoms with van der Waals surface area (Å²) >= 11 is 2.11. The van der Waals surface area contributed by atoms with E-state index in [2.05, 4.69) is 27.6 Å². The molecule has 0 aromatic carbocycles. The zero-order valence-corrected chi connectivity index (χ0v) is 7.62. The first kappa shape index (κ1) is 7.65. The predicted octanol–water partition coefficient (Wildman–Crippen LogP) is 1.81. The number of rotatable bonds is 1. The van der Waals surface area contributed by atoms with Gasteiger partial charge in [-0.3, -0.25) is 9.78 Å². The lowest BCUT2D eigenvalue weighted by molar-refractivity contribution is 0.112. The van der Waals surface area contributed by atoms with Gasteiger partial charge < -0.3 is 0 Å². The second-order valence-corrected chi connectivity index (χ2v) is 3.07. The summed E-state index contributed by atoms with van der Waals surface area (Å²) in [6.07, 6.45) is 2.54. The molecule has 3 heteroatoms. The molecule has 0 atom stereocenters. The molecule has 2 nitrogen and oxygen atoms in total. The molecule has 0 saturated carbocycles. The van der Waals surface area contributed by atoms with Gasteiger partial charge in [-0.1, -0.05) is 0 Å². The van der Waals surface area contributed by atoms with Crippen LogP contribution in [0.5, 0.6) is 0 Å². The van der Waals surface area contributed by atoms with Gasteiger partial charge in [-0.25, -0.2) is 0 Å². The average Bonchev–Trinajstić information content (AvgIpc) is 1.88. The second-order valence-electron chi connectivity index (χ2n) is 1.91. The van der Waals surface area contributed by atoms with Crippen molar-refractivity contribution >= 4 is 28.9 Å². The average molecular weight is 247 g/mol. The summed E-state index contributed by atoms with van der Waals surface area (Å²) in [4.78, 5) is 14.4. The Morgan fingerprint density at radius 2 is 2.40 bits per heavy atom. The van der Waals surface area contributed by atoms with E-state index in [0.717, 1.165) is 15.6 Å². The molecule has 0 unspecified atom stereocenters. The number of carbonyl (C=O) groups excluding carboxylic acids is 1. The minimum absolute atomic E-state index is 0.697. The van der Waals surface area contributed by atoms with Gasteiger partial charge >= 0.3 is 0 Å². The number of nitrogens with zero attached hydrogens (tertiary/aromatic N) is 1. The first-order chi connectivity index (χ1) is 4.75. The highest BCUT2D eigenvalue weighted by molar-refractivity contribution is 14.1. The molecule has 0 amide bonds. The fourth-order valence-corrected chi connectivity index (χ4v) is 1.37. The van der Waals surface area contributed by atoms with Crippen molar-refractivity contribution in [2.45, 2.75) is 6.92 Å². The summed E-state index contributed by atoms with van der Waals surface area (Å²) in [5, 5.41) is 0. The number of halogens is 1. The van der Waals surface area contributed by atoms with Crippen LogP contribution in [-0.4, -0.2) is 11.3 Å². The zero-order valence-electron chi connectivity index (χ0n) is 5.47. The first-order valence-electron chi connectivity index (χ1n) is 2.82. The van der Waals surface area contributed by atoms with E-state index in [1.165, 1.54) is 0 Å². The van der Waals surface area contributed by atoms with E-state index in [4.69, 9.17) is 0 Å². The Bertz CT molecular complexity index is 240. The van der Waals surface area contributed by atoms with Crippen LogP contribution in [0.3, 0.4) is 0 Å². The molecule has 0 bridgehead atoms. The molecule has 0 aliphatic rings. The zero-order chi connectivity index (χ0) is 7.56. The van der Waals surface area contributed by atoms with Gasteiger partial charge in [0.1, 0.15) is 0 Å². The molecule has 52 valence electrons. The summed E-state index contributed by atoms with van der Waals surface area (Å²) in [6, 6.07) is 1.82. The summed E-state index contributed by atoms with van der Waals surface area (Å²) in [5.74, 6) is 0. The molecule has 0 saturated heterocycles. The topological polar surface area (TPSA) is 30.0 Å². The molecule has 0 N–H and O–H groups in total. The van der Waals surface area contributed by atoms with Crippen LogP contribution in [-0.2, 0) is 0 Å². The molecular weight excluding hydrogens is 241 g/mol. The van der Waals surface area contributed by atoms with Crippen LogP contribution in [0.1, 0.15) is 16.1 Å². The van der Waals surface area contributed by atoms with E-state index < -0.39 is 0 Å². The molecule has 0 aliphatic carbocycles. The van der Waals surface area contributed by atoms with Crippen LogP contribution >= 0.6 is 22.6 Å². The lowest BCUT2D eigenvalue weighted by atomic mass is 10.2. The van der Waals surface area contributed by atoms with Gasteiger partial charge in [-0.05, 0) is 35.6 Å². The minimum atomic E-state index is 0.697. The summed E-state index contributed by atoms with van der Waals surface area (Å²) in [5.41, 5.74) is 1.49. The Labute approximate surface area is 72.8 Å². The highest BCUT2D eigenvalue weighted by atomic mass is 127. The number of hydrogen-bond donors (Lipinski definition) is 0. The number of aldehydes is 1. The van der Waals surface area contributed by atoms with E-state index in [0.29, 0.717) is 5.56 Å². The van der Waals surface area contributed by atoms with Gasteiger partial charge in [0.2, 0.25) is 0 Å². The Balaban J connectivity index is 3.30. The monoisotopic (exact) mass is 247 g/mol. The largest absolute Gasteiger partial charge is 0.298 e. The van der Waals surface area contributed by atoms with Crippen molar-refractivity contribution in [3.63, 3.8) is 0 Å². The number of carbonyl (C=O) groups is 1. The molecule has 1 heterocycles. The van der Waals surface area contributed by atoms with E-state index in [1.807, 2.05) is 13.0 Å². The Morgan fingerprint density at radius 1 is 1.70 bits per heavy atom. The van der Waals surface area contributed by atoms with Gasteiger partial charge in [0.15, 0.2) is 6.29 Å². The van der Waals surface area contributed by atoms with Crippen molar-refractivity contribution in [3.8, 4) is 0 Å². The normalized spacial score (nSPS) is 9.40. The Kier molecular flexibility index (Phi) is 2.37. The van der Waals surface area contributed by atoms with Gasteiger partial charge in [0.25, 0.3) is 0 Å². The van der Waals surface area contributed by atoms with Crippen molar-refractivity contribution in [2.24, 2.45) is 0 Å². The SMILES string of the molecule is Cc1nccc(I)c1C=O. The van der Waals surface area contributed by atoms with E-state index >= 15 is 0 Å². The third-order valence-corrected chi connectivity index (χ3v) is 2.19. The maximum absolute atomic E-state index is 10.4. The van der Waals surface area contributed by atoms with Gasteiger partial charge in [0, 0.05) is 21.0 Å². The smallest absolute Gasteiger partial charge is 0.152 e. The third-order valence-electron chi connectivity index (χ3n) is 1.25. The molecule has 10 heavy (non-hydrogen) atoms. The van der Waals surface area contributed by atoms with E-state index in [1.54, 1.807) is 6.20 Å². The number of aryl methyl sites for hydroxylation is 1. The lowest BCUT2D eigenvalue weighted by Crippen LogP contribution is -1.92. The van der Waals surface area contributed by atoms with Gasteiger partial charge in [0.05, 0.1) is 0 Å².